The lowest BCUT2D eigenvalue weighted by Gasteiger charge is -2.07. The van der Waals surface area contributed by atoms with Gasteiger partial charge in [0.25, 0.3) is 5.65 Å². The van der Waals surface area contributed by atoms with E-state index in [1.807, 2.05) is 43.3 Å². The summed E-state index contributed by atoms with van der Waals surface area (Å²) in [5.41, 5.74) is 2.60. The Hall–Kier alpha value is -3.41. The minimum absolute atomic E-state index is 0.228. The van der Waals surface area contributed by atoms with Gasteiger partial charge in [-0.15, -0.1) is 4.40 Å². The molecule has 0 fully saturated rings. The quantitative estimate of drug-likeness (QED) is 0.568. The third kappa shape index (κ3) is 2.97. The van der Waals surface area contributed by atoms with E-state index in [1.54, 1.807) is 22.9 Å². The Bertz CT molecular complexity index is 1120. The lowest BCUT2D eigenvalue weighted by molar-refractivity contribution is -0.360. The molecule has 0 atom stereocenters. The Kier molecular flexibility index (Phi) is 4.01. The van der Waals surface area contributed by atoms with Crippen LogP contribution in [0.4, 0.5) is 4.39 Å². The van der Waals surface area contributed by atoms with Gasteiger partial charge in [0, 0.05) is 11.8 Å². The number of rotatable bonds is 4. The fourth-order valence-corrected chi connectivity index (χ4v) is 2.92. The van der Waals surface area contributed by atoms with Crippen molar-refractivity contribution >= 4 is 5.65 Å². The maximum Gasteiger partial charge on any atom is 0.425 e. The first-order valence-corrected chi connectivity index (χ1v) is 8.21. The Balaban J connectivity index is 1.71. The smallest absolute Gasteiger partial charge is 0.425 e. The summed E-state index contributed by atoms with van der Waals surface area (Å²) in [5, 5.41) is 0. The van der Waals surface area contributed by atoms with Crippen molar-refractivity contribution in [2.24, 2.45) is 0 Å². The molecule has 4 aromatic rings. The maximum atomic E-state index is 13.2. The Morgan fingerprint density at radius 3 is 2.54 bits per heavy atom. The molecular weight excluding hydrogens is 333 g/mol. The number of H-pyrrole nitrogens is 1. The molecule has 26 heavy (non-hydrogen) atoms. The van der Waals surface area contributed by atoms with E-state index in [2.05, 4.69) is 4.98 Å². The van der Waals surface area contributed by atoms with Gasteiger partial charge in [0.1, 0.15) is 17.8 Å². The van der Waals surface area contributed by atoms with E-state index in [1.165, 1.54) is 16.5 Å². The molecule has 0 radical (unpaired) electrons. The topological polar surface area (TPSA) is 49.8 Å². The average Bonchev–Trinajstić information content (AvgIpc) is 3.05. The van der Waals surface area contributed by atoms with Gasteiger partial charge in [-0.1, -0.05) is 18.2 Å². The monoisotopic (exact) mass is 350 g/mol. The van der Waals surface area contributed by atoms with E-state index in [-0.39, 0.29) is 11.5 Å². The van der Waals surface area contributed by atoms with E-state index in [0.717, 1.165) is 17.1 Å². The normalized spacial score (nSPS) is 11.0. The summed E-state index contributed by atoms with van der Waals surface area (Å²) in [6, 6.07) is 17.2. The summed E-state index contributed by atoms with van der Waals surface area (Å²) < 4.78 is 22.0. The highest BCUT2D eigenvalue weighted by atomic mass is 19.1. The van der Waals surface area contributed by atoms with Crippen LogP contribution in [-0.4, -0.2) is 8.97 Å². The number of para-hydroxylation sites is 1. The van der Waals surface area contributed by atoms with Gasteiger partial charge in [0.2, 0.25) is 0 Å². The van der Waals surface area contributed by atoms with Gasteiger partial charge in [-0.3, -0.25) is 0 Å². The van der Waals surface area contributed by atoms with E-state index >= 15 is 0 Å². The van der Waals surface area contributed by atoms with Crippen molar-refractivity contribution in [3.8, 4) is 11.4 Å². The van der Waals surface area contributed by atoms with Gasteiger partial charge in [-0.05, 0) is 43.3 Å². The molecule has 1 N–H and O–H groups in total. The van der Waals surface area contributed by atoms with E-state index in [4.69, 9.17) is 4.74 Å². The van der Waals surface area contributed by atoms with Crippen molar-refractivity contribution in [2.75, 3.05) is 0 Å². The van der Waals surface area contributed by atoms with Crippen molar-refractivity contribution in [2.45, 2.75) is 13.5 Å². The number of ether oxygens (including phenoxy) is 1. The van der Waals surface area contributed by atoms with Gasteiger partial charge in [0.15, 0.2) is 12.3 Å². The number of halogens is 1. The Morgan fingerprint density at radius 1 is 1.08 bits per heavy atom. The summed E-state index contributed by atoms with van der Waals surface area (Å²) in [7, 11) is 0. The number of nitrogens with one attached hydrogen (secondary N) is 1. The van der Waals surface area contributed by atoms with Crippen LogP contribution < -0.4 is 15.4 Å². The minimum atomic E-state index is -0.338. The van der Waals surface area contributed by atoms with Crippen LogP contribution in [0.2, 0.25) is 0 Å². The predicted octanol–water partition coefficient (Wildman–Crippen LogP) is 2.93. The molecule has 0 bridgehead atoms. The second-order valence-corrected chi connectivity index (χ2v) is 6.02. The highest BCUT2D eigenvalue weighted by Gasteiger charge is 2.17. The molecule has 0 unspecified atom stereocenters. The molecule has 6 heteroatoms. The standard InChI is InChI=1S/C20H16FN3O2/c1-14-11-19-22-16(13-26-18-5-3-2-4-6-18)12-23(19)20(25)24(14)17-9-7-15(21)8-10-17/h2-12H,13H2,1H3/p+1. The largest absolute Gasteiger partial charge is 0.485 e. The van der Waals surface area contributed by atoms with Crippen LogP contribution >= 0.6 is 0 Å². The van der Waals surface area contributed by atoms with Gasteiger partial charge in [-0.25, -0.2) is 18.7 Å². The number of benzene rings is 2. The maximum absolute atomic E-state index is 13.2. The number of imidazole rings is 1. The molecule has 0 aliphatic rings. The lowest BCUT2D eigenvalue weighted by Crippen LogP contribution is -2.27. The second kappa shape index (κ2) is 6.48. The lowest BCUT2D eigenvalue weighted by atomic mass is 10.3. The molecule has 0 saturated carbocycles. The van der Waals surface area contributed by atoms with Crippen LogP contribution in [0.1, 0.15) is 11.4 Å². The fraction of sp³-hybridized carbons (Fsp3) is 0.100. The number of nitrogens with zero attached hydrogens (tertiary/aromatic N) is 2. The predicted molar refractivity (Wildman–Crippen MR) is 95.0 cm³/mol. The van der Waals surface area contributed by atoms with E-state index in [0.29, 0.717) is 17.9 Å². The van der Waals surface area contributed by atoms with Crippen LogP contribution in [0.15, 0.2) is 71.7 Å². The molecule has 2 aromatic carbocycles. The summed E-state index contributed by atoms with van der Waals surface area (Å²) >= 11 is 0. The summed E-state index contributed by atoms with van der Waals surface area (Å²) in [6.45, 7) is 2.16. The first kappa shape index (κ1) is 16.1. The number of hydrogen-bond acceptors (Lipinski definition) is 2. The summed E-state index contributed by atoms with van der Waals surface area (Å²) in [5.74, 6) is 0.422. The van der Waals surface area contributed by atoms with Crippen molar-refractivity contribution in [1.29, 1.82) is 0 Å². The molecule has 4 rings (SSSR count). The van der Waals surface area contributed by atoms with Gasteiger partial charge >= 0.3 is 5.69 Å². The Labute approximate surface area is 148 Å². The van der Waals surface area contributed by atoms with Gasteiger partial charge < -0.3 is 4.74 Å². The molecule has 0 spiro atoms. The van der Waals surface area contributed by atoms with Crippen molar-refractivity contribution in [3.63, 3.8) is 0 Å². The zero-order valence-electron chi connectivity index (χ0n) is 14.1. The zero-order valence-corrected chi connectivity index (χ0v) is 14.1. The fourth-order valence-electron chi connectivity index (χ4n) is 2.92. The third-order valence-corrected chi connectivity index (χ3v) is 4.15. The van der Waals surface area contributed by atoms with Crippen LogP contribution in [0, 0.1) is 12.7 Å². The molecule has 5 nitrogen and oxygen atoms in total. The highest BCUT2D eigenvalue weighted by molar-refractivity contribution is 5.40. The van der Waals surface area contributed by atoms with E-state index < -0.39 is 0 Å². The summed E-state index contributed by atoms with van der Waals surface area (Å²) in [4.78, 5) is 16.1. The van der Waals surface area contributed by atoms with Gasteiger partial charge in [-0.2, -0.15) is 0 Å². The molecule has 2 heterocycles. The molecule has 0 aliphatic carbocycles. The van der Waals surface area contributed by atoms with Crippen molar-refractivity contribution in [1.82, 2.24) is 8.97 Å². The van der Waals surface area contributed by atoms with Gasteiger partial charge in [0.05, 0.1) is 5.69 Å². The van der Waals surface area contributed by atoms with Crippen molar-refractivity contribution < 1.29 is 14.1 Å². The van der Waals surface area contributed by atoms with Crippen LogP contribution in [0.5, 0.6) is 5.75 Å². The highest BCUT2D eigenvalue weighted by Crippen LogP contribution is 2.12. The molecule has 0 saturated heterocycles. The Morgan fingerprint density at radius 2 is 1.81 bits per heavy atom. The molecule has 130 valence electrons. The number of hydrogen-bond donors (Lipinski definition) is 0. The molecule has 0 aliphatic heterocycles. The van der Waals surface area contributed by atoms with E-state index in [9.17, 15) is 9.18 Å². The second-order valence-electron chi connectivity index (χ2n) is 6.02. The molecule has 0 amide bonds. The average molecular weight is 350 g/mol. The number of fused-ring (bicyclic) bond motifs is 1. The first-order valence-electron chi connectivity index (χ1n) is 8.21. The molecule has 2 aromatic heterocycles. The number of aromatic amines is 1. The summed E-state index contributed by atoms with van der Waals surface area (Å²) in [6.07, 6.45) is 1.72. The zero-order chi connectivity index (χ0) is 18.1. The van der Waals surface area contributed by atoms with Crippen LogP contribution in [0.3, 0.4) is 0 Å². The SMILES string of the molecule is Cc1cc2[nH+]c(COc3ccccc3)cn2c(=O)n1-c1ccc(F)cc1. The van der Waals surface area contributed by atoms with Crippen LogP contribution in [-0.2, 0) is 6.61 Å². The van der Waals surface area contributed by atoms with Crippen LogP contribution in [0.25, 0.3) is 11.3 Å². The third-order valence-electron chi connectivity index (χ3n) is 4.15. The number of aromatic nitrogens is 3. The first-order chi connectivity index (χ1) is 12.6. The van der Waals surface area contributed by atoms with Crippen molar-refractivity contribution in [3.05, 3.63) is 94.5 Å². The molecular formula is C20H17FN3O2+. The minimum Gasteiger partial charge on any atom is -0.485 e. The number of aryl methyl sites for hydroxylation is 1.